The van der Waals surface area contributed by atoms with Crippen LogP contribution in [-0.2, 0) is 11.3 Å². The summed E-state index contributed by atoms with van der Waals surface area (Å²) in [6.45, 7) is 0.392. The van der Waals surface area contributed by atoms with E-state index in [4.69, 9.17) is 16.3 Å². The number of fused-ring (bicyclic) bond motifs is 1. The van der Waals surface area contributed by atoms with Crippen molar-refractivity contribution in [2.75, 3.05) is 16.8 Å². The fraction of sp³-hybridized carbons (Fsp3) is 0.0909. The summed E-state index contributed by atoms with van der Waals surface area (Å²) in [6.07, 6.45) is 0. The van der Waals surface area contributed by atoms with Crippen LogP contribution in [0.1, 0.15) is 15.9 Å². The summed E-state index contributed by atoms with van der Waals surface area (Å²) in [5, 5.41) is 3.35. The number of benzene rings is 3. The van der Waals surface area contributed by atoms with Crippen LogP contribution in [0.3, 0.4) is 0 Å². The lowest BCUT2D eigenvalue weighted by atomic mass is 10.1. The van der Waals surface area contributed by atoms with E-state index in [-0.39, 0.29) is 18.4 Å². The van der Waals surface area contributed by atoms with Gasteiger partial charge in [0.15, 0.2) is 6.61 Å². The highest BCUT2D eigenvalue weighted by molar-refractivity contribution is 6.31. The molecule has 0 spiro atoms. The van der Waals surface area contributed by atoms with Gasteiger partial charge in [-0.05, 0) is 42.0 Å². The van der Waals surface area contributed by atoms with E-state index in [1.807, 2.05) is 30.3 Å². The molecular weight excluding hydrogens is 376 g/mol. The van der Waals surface area contributed by atoms with Gasteiger partial charge in [0.2, 0.25) is 0 Å². The Balaban J connectivity index is 1.62. The molecule has 1 aliphatic rings. The Morgan fingerprint density at radius 1 is 1.04 bits per heavy atom. The number of anilines is 2. The molecule has 5 nitrogen and oxygen atoms in total. The molecule has 6 heteroatoms. The largest absolute Gasteiger partial charge is 0.482 e. The van der Waals surface area contributed by atoms with Crippen LogP contribution >= 0.6 is 11.6 Å². The van der Waals surface area contributed by atoms with E-state index in [0.29, 0.717) is 34.3 Å². The molecular formula is C22H17ClN2O3. The minimum atomic E-state index is -0.289. The Labute approximate surface area is 167 Å². The summed E-state index contributed by atoms with van der Waals surface area (Å²) < 4.78 is 5.53. The molecule has 1 aliphatic heterocycles. The first-order valence-electron chi connectivity index (χ1n) is 8.78. The molecule has 0 radical (unpaired) electrons. The maximum Gasteiger partial charge on any atom is 0.265 e. The first-order valence-corrected chi connectivity index (χ1v) is 9.16. The summed E-state index contributed by atoms with van der Waals surface area (Å²) in [6, 6.07) is 21.7. The summed E-state index contributed by atoms with van der Waals surface area (Å²) >= 11 is 5.97. The van der Waals surface area contributed by atoms with Crippen LogP contribution in [0.5, 0.6) is 5.75 Å². The highest BCUT2D eigenvalue weighted by atomic mass is 35.5. The lowest BCUT2D eigenvalue weighted by Gasteiger charge is -2.29. The molecule has 0 unspecified atom stereocenters. The van der Waals surface area contributed by atoms with Crippen molar-refractivity contribution in [3.8, 4) is 5.75 Å². The fourth-order valence-corrected chi connectivity index (χ4v) is 3.24. The van der Waals surface area contributed by atoms with E-state index in [2.05, 4.69) is 5.32 Å². The molecule has 28 heavy (non-hydrogen) atoms. The summed E-state index contributed by atoms with van der Waals surface area (Å²) in [4.78, 5) is 26.8. The number of rotatable bonds is 4. The molecule has 0 bridgehead atoms. The van der Waals surface area contributed by atoms with Gasteiger partial charge in [-0.25, -0.2) is 0 Å². The van der Waals surface area contributed by atoms with Gasteiger partial charge in [0.25, 0.3) is 11.8 Å². The topological polar surface area (TPSA) is 58.6 Å². The van der Waals surface area contributed by atoms with E-state index >= 15 is 0 Å². The van der Waals surface area contributed by atoms with Crippen molar-refractivity contribution in [3.63, 3.8) is 0 Å². The average molecular weight is 393 g/mol. The monoisotopic (exact) mass is 392 g/mol. The molecule has 0 saturated heterocycles. The van der Waals surface area contributed by atoms with Crippen LogP contribution in [0, 0.1) is 0 Å². The van der Waals surface area contributed by atoms with Gasteiger partial charge in [-0.1, -0.05) is 48.0 Å². The number of nitrogens with one attached hydrogen (secondary N) is 1. The van der Waals surface area contributed by atoms with Crippen LogP contribution in [0.25, 0.3) is 0 Å². The van der Waals surface area contributed by atoms with E-state index in [1.165, 1.54) is 0 Å². The van der Waals surface area contributed by atoms with Crippen molar-refractivity contribution in [1.82, 2.24) is 0 Å². The minimum Gasteiger partial charge on any atom is -0.482 e. The van der Waals surface area contributed by atoms with Crippen molar-refractivity contribution in [3.05, 3.63) is 88.9 Å². The summed E-state index contributed by atoms with van der Waals surface area (Å²) in [7, 11) is 0. The third kappa shape index (κ3) is 3.85. The van der Waals surface area contributed by atoms with Gasteiger partial charge < -0.3 is 15.0 Å². The number of ether oxygens (including phenoxy) is 1. The van der Waals surface area contributed by atoms with Crippen LogP contribution in [0.2, 0.25) is 5.02 Å². The van der Waals surface area contributed by atoms with Gasteiger partial charge in [0.05, 0.1) is 12.2 Å². The van der Waals surface area contributed by atoms with E-state index in [9.17, 15) is 9.59 Å². The van der Waals surface area contributed by atoms with E-state index in [0.717, 1.165) is 5.56 Å². The van der Waals surface area contributed by atoms with Gasteiger partial charge in [-0.2, -0.15) is 0 Å². The second-order valence-electron chi connectivity index (χ2n) is 6.40. The third-order valence-electron chi connectivity index (χ3n) is 4.43. The van der Waals surface area contributed by atoms with Gasteiger partial charge in [0.1, 0.15) is 5.75 Å². The fourth-order valence-electron chi connectivity index (χ4n) is 3.05. The van der Waals surface area contributed by atoms with Crippen molar-refractivity contribution >= 4 is 34.8 Å². The van der Waals surface area contributed by atoms with Crippen LogP contribution in [-0.4, -0.2) is 18.4 Å². The van der Waals surface area contributed by atoms with Crippen LogP contribution < -0.4 is 15.0 Å². The zero-order chi connectivity index (χ0) is 19.5. The molecule has 4 rings (SSSR count). The highest BCUT2D eigenvalue weighted by Crippen LogP contribution is 2.34. The van der Waals surface area contributed by atoms with Crippen molar-refractivity contribution in [2.45, 2.75) is 6.54 Å². The molecule has 3 aromatic rings. The molecule has 1 N–H and O–H groups in total. The van der Waals surface area contributed by atoms with Gasteiger partial charge >= 0.3 is 0 Å². The Morgan fingerprint density at radius 3 is 2.64 bits per heavy atom. The first kappa shape index (κ1) is 18.1. The minimum absolute atomic E-state index is 0.0199. The third-order valence-corrected chi connectivity index (χ3v) is 4.67. The molecule has 140 valence electrons. The summed E-state index contributed by atoms with van der Waals surface area (Å²) in [5.41, 5.74) is 2.61. The second kappa shape index (κ2) is 7.74. The molecule has 2 amide bonds. The zero-order valence-electron chi connectivity index (χ0n) is 14.9. The van der Waals surface area contributed by atoms with Crippen LogP contribution in [0.4, 0.5) is 11.4 Å². The van der Waals surface area contributed by atoms with Crippen LogP contribution in [0.15, 0.2) is 72.8 Å². The lowest BCUT2D eigenvalue weighted by Crippen LogP contribution is -2.38. The van der Waals surface area contributed by atoms with Crippen molar-refractivity contribution in [2.24, 2.45) is 0 Å². The number of carbonyl (C=O) groups excluding carboxylic acids is 2. The second-order valence-corrected chi connectivity index (χ2v) is 6.84. The normalized spacial score (nSPS) is 12.9. The SMILES string of the molecule is O=C(Nc1cccc(Cl)c1)c1ccc2c(c1)N(Cc1ccccc1)C(=O)CO2. The lowest BCUT2D eigenvalue weighted by molar-refractivity contribution is -0.121. The zero-order valence-corrected chi connectivity index (χ0v) is 15.6. The molecule has 1 heterocycles. The highest BCUT2D eigenvalue weighted by Gasteiger charge is 2.26. The summed E-state index contributed by atoms with van der Waals surface area (Å²) in [5.74, 6) is 0.140. The maximum atomic E-state index is 12.7. The number of hydrogen-bond donors (Lipinski definition) is 1. The van der Waals surface area contributed by atoms with Crippen molar-refractivity contribution in [1.29, 1.82) is 0 Å². The first-order chi connectivity index (χ1) is 13.6. The Morgan fingerprint density at radius 2 is 1.86 bits per heavy atom. The number of hydrogen-bond acceptors (Lipinski definition) is 3. The maximum absolute atomic E-state index is 12.7. The number of nitrogens with zero attached hydrogens (tertiary/aromatic N) is 1. The number of amides is 2. The van der Waals surface area contributed by atoms with Gasteiger partial charge in [0, 0.05) is 16.3 Å². The van der Waals surface area contributed by atoms with E-state index in [1.54, 1.807) is 47.4 Å². The number of halogens is 1. The van der Waals surface area contributed by atoms with E-state index < -0.39 is 0 Å². The molecule has 0 fully saturated rings. The molecule has 0 saturated carbocycles. The molecule has 0 aliphatic carbocycles. The average Bonchev–Trinajstić information content (AvgIpc) is 2.70. The predicted octanol–water partition coefficient (Wildman–Crippen LogP) is 4.52. The van der Waals surface area contributed by atoms with Gasteiger partial charge in [-0.15, -0.1) is 0 Å². The molecule has 3 aromatic carbocycles. The standard InChI is InChI=1S/C22H17ClN2O3/c23-17-7-4-8-18(12-17)24-22(27)16-9-10-20-19(11-16)25(21(26)14-28-20)13-15-5-2-1-3-6-15/h1-12H,13-14H2,(H,24,27). The Bertz CT molecular complexity index is 1040. The predicted molar refractivity (Wildman–Crippen MR) is 109 cm³/mol. The smallest absolute Gasteiger partial charge is 0.265 e. The quantitative estimate of drug-likeness (QED) is 0.710. The Hall–Kier alpha value is -3.31. The van der Waals surface area contributed by atoms with Gasteiger partial charge in [-0.3, -0.25) is 9.59 Å². The molecule has 0 atom stereocenters. The number of carbonyl (C=O) groups is 2. The Kier molecular flexibility index (Phi) is 5.00. The molecule has 0 aromatic heterocycles. The van der Waals surface area contributed by atoms with Crippen molar-refractivity contribution < 1.29 is 14.3 Å².